The number of amides is 2. The van der Waals surface area contributed by atoms with Crippen molar-refractivity contribution in [1.82, 2.24) is 4.90 Å². The molecule has 2 aromatic carbocycles. The van der Waals surface area contributed by atoms with Crippen molar-refractivity contribution in [3.8, 4) is 11.5 Å². The zero-order valence-electron chi connectivity index (χ0n) is 18.5. The topological polar surface area (TPSA) is 67.9 Å². The highest BCUT2D eigenvalue weighted by Gasteiger charge is 2.39. The highest BCUT2D eigenvalue weighted by Crippen LogP contribution is 2.35. The first-order chi connectivity index (χ1) is 14.9. The molecule has 0 unspecified atom stereocenters. The zero-order valence-corrected chi connectivity index (χ0v) is 18.5. The number of nitrogens with zero attached hydrogens (tertiary/aromatic N) is 1. The molecule has 1 aliphatic rings. The summed E-state index contributed by atoms with van der Waals surface area (Å²) in [5.74, 6) is 0.477. The minimum absolute atomic E-state index is 0.144. The molecule has 0 radical (unpaired) electrons. The molecular weight excluding hydrogens is 392 g/mol. The first kappa shape index (κ1) is 22.2. The maximum Gasteiger partial charge on any atom is 0.278 e. The van der Waals surface area contributed by atoms with Crippen molar-refractivity contribution < 1.29 is 19.1 Å². The molecule has 6 heteroatoms. The highest BCUT2D eigenvalue weighted by molar-refractivity contribution is 6.36. The van der Waals surface area contributed by atoms with E-state index in [2.05, 4.69) is 11.9 Å². The second-order valence-electron chi connectivity index (χ2n) is 7.23. The summed E-state index contributed by atoms with van der Waals surface area (Å²) >= 11 is 0. The quantitative estimate of drug-likeness (QED) is 0.479. The van der Waals surface area contributed by atoms with Crippen LogP contribution in [0.5, 0.6) is 11.5 Å². The van der Waals surface area contributed by atoms with Crippen molar-refractivity contribution in [2.75, 3.05) is 25.1 Å². The fraction of sp³-hybridized carbons (Fsp3) is 0.280. The third-order valence-corrected chi connectivity index (χ3v) is 4.94. The van der Waals surface area contributed by atoms with E-state index in [-0.39, 0.29) is 24.1 Å². The summed E-state index contributed by atoms with van der Waals surface area (Å²) in [4.78, 5) is 27.5. The Bertz CT molecular complexity index is 1060. The number of nitrogens with one attached hydrogen (secondary N) is 1. The molecule has 0 spiro atoms. The number of hydrogen-bond acceptors (Lipinski definition) is 5. The lowest BCUT2D eigenvalue weighted by Gasteiger charge is -2.15. The molecule has 1 N–H and O–H groups in total. The summed E-state index contributed by atoms with van der Waals surface area (Å²) in [6.45, 7) is 12.5. The summed E-state index contributed by atoms with van der Waals surface area (Å²) in [6, 6.07) is 11.2. The molecule has 0 saturated carbocycles. The van der Waals surface area contributed by atoms with Gasteiger partial charge >= 0.3 is 0 Å². The summed E-state index contributed by atoms with van der Waals surface area (Å²) in [5.41, 5.74) is 3.97. The average molecular weight is 421 g/mol. The Kier molecular flexibility index (Phi) is 6.80. The average Bonchev–Trinajstić information content (AvgIpc) is 2.95. The molecule has 1 heterocycles. The minimum Gasteiger partial charge on any atom is -0.490 e. The van der Waals surface area contributed by atoms with Crippen LogP contribution in [0.1, 0.15) is 30.5 Å². The third kappa shape index (κ3) is 4.48. The van der Waals surface area contributed by atoms with E-state index in [9.17, 15) is 9.59 Å². The van der Waals surface area contributed by atoms with E-state index in [1.807, 2.05) is 45.9 Å². The third-order valence-electron chi connectivity index (χ3n) is 4.94. The van der Waals surface area contributed by atoms with Gasteiger partial charge in [-0.1, -0.05) is 29.8 Å². The lowest BCUT2D eigenvalue weighted by Crippen LogP contribution is -2.32. The van der Waals surface area contributed by atoms with Gasteiger partial charge in [0.25, 0.3) is 11.8 Å². The smallest absolute Gasteiger partial charge is 0.278 e. The molecule has 0 atom stereocenters. The van der Waals surface area contributed by atoms with E-state index in [0.717, 1.165) is 16.7 Å². The van der Waals surface area contributed by atoms with Crippen LogP contribution >= 0.6 is 0 Å². The molecule has 0 fully saturated rings. The molecular formula is C25H28N2O4. The van der Waals surface area contributed by atoms with Crippen LogP contribution in [0.25, 0.3) is 5.57 Å². The number of ether oxygens (including phenoxy) is 2. The van der Waals surface area contributed by atoms with Crippen LogP contribution in [-0.4, -0.2) is 36.5 Å². The number of imide groups is 1. The molecule has 31 heavy (non-hydrogen) atoms. The monoisotopic (exact) mass is 420 g/mol. The Labute approximate surface area is 183 Å². The molecule has 2 aromatic rings. The van der Waals surface area contributed by atoms with Crippen molar-refractivity contribution in [2.24, 2.45) is 0 Å². The highest BCUT2D eigenvalue weighted by atomic mass is 16.5. The molecule has 0 aliphatic carbocycles. The van der Waals surface area contributed by atoms with Crippen LogP contribution in [0.15, 0.2) is 54.8 Å². The van der Waals surface area contributed by atoms with Gasteiger partial charge < -0.3 is 14.8 Å². The van der Waals surface area contributed by atoms with Gasteiger partial charge in [0.05, 0.1) is 18.8 Å². The van der Waals surface area contributed by atoms with Crippen LogP contribution < -0.4 is 14.8 Å². The van der Waals surface area contributed by atoms with Gasteiger partial charge in [-0.05, 0) is 51.0 Å². The Morgan fingerprint density at radius 2 is 1.68 bits per heavy atom. The van der Waals surface area contributed by atoms with Gasteiger partial charge in [-0.15, -0.1) is 6.58 Å². The molecule has 0 saturated heterocycles. The van der Waals surface area contributed by atoms with E-state index in [4.69, 9.17) is 9.47 Å². The van der Waals surface area contributed by atoms with E-state index in [0.29, 0.717) is 36.0 Å². The van der Waals surface area contributed by atoms with Crippen LogP contribution in [0.4, 0.5) is 5.69 Å². The van der Waals surface area contributed by atoms with Crippen LogP contribution in [0.2, 0.25) is 0 Å². The first-order valence-corrected chi connectivity index (χ1v) is 10.4. The van der Waals surface area contributed by atoms with Gasteiger partial charge in [-0.25, -0.2) is 0 Å². The molecule has 6 nitrogen and oxygen atoms in total. The maximum atomic E-state index is 13.2. The molecule has 2 amide bonds. The number of aryl methyl sites for hydroxylation is 2. The summed E-state index contributed by atoms with van der Waals surface area (Å²) in [6.07, 6.45) is 1.54. The molecule has 162 valence electrons. The number of carbonyl (C=O) groups excluding carboxylic acids is 2. The van der Waals surface area contributed by atoms with Crippen molar-refractivity contribution in [2.45, 2.75) is 27.7 Å². The lowest BCUT2D eigenvalue weighted by atomic mass is 9.97. The van der Waals surface area contributed by atoms with Crippen LogP contribution in [-0.2, 0) is 9.59 Å². The van der Waals surface area contributed by atoms with Gasteiger partial charge in [0.15, 0.2) is 11.5 Å². The standard InChI is InChI=1S/C25H28N2O4/c1-6-13-27-24(28)22(19-11-9-16(4)14-17(19)5)23(25(27)29)26-18-10-12-20(30-7-2)21(15-18)31-8-3/h6,9-12,14-15,26H,1,7-8,13H2,2-5H3. The van der Waals surface area contributed by atoms with Gasteiger partial charge in [-0.3, -0.25) is 14.5 Å². The zero-order chi connectivity index (χ0) is 22.5. The largest absolute Gasteiger partial charge is 0.490 e. The predicted molar refractivity (Wildman–Crippen MR) is 122 cm³/mol. The number of hydrogen-bond donors (Lipinski definition) is 1. The Morgan fingerprint density at radius 3 is 2.32 bits per heavy atom. The number of rotatable bonds is 9. The minimum atomic E-state index is -0.383. The molecule has 0 aromatic heterocycles. The summed E-state index contributed by atoms with van der Waals surface area (Å²) < 4.78 is 11.3. The van der Waals surface area contributed by atoms with E-state index in [1.54, 1.807) is 24.3 Å². The molecule has 0 bridgehead atoms. The fourth-order valence-electron chi connectivity index (χ4n) is 3.60. The second kappa shape index (κ2) is 9.51. The predicted octanol–water partition coefficient (Wildman–Crippen LogP) is 4.48. The molecule has 3 rings (SSSR count). The molecule has 1 aliphatic heterocycles. The number of benzene rings is 2. The number of anilines is 1. The summed E-state index contributed by atoms with van der Waals surface area (Å²) in [7, 11) is 0. The van der Waals surface area contributed by atoms with Gasteiger partial charge in [0, 0.05) is 18.3 Å². The van der Waals surface area contributed by atoms with Gasteiger partial charge in [0.1, 0.15) is 5.70 Å². The SMILES string of the molecule is C=CCN1C(=O)C(Nc2ccc(OCC)c(OCC)c2)=C(c2ccc(C)cc2C)C1=O. The van der Waals surface area contributed by atoms with E-state index in [1.165, 1.54) is 4.90 Å². The second-order valence-corrected chi connectivity index (χ2v) is 7.23. The summed E-state index contributed by atoms with van der Waals surface area (Å²) in [5, 5.41) is 3.17. The van der Waals surface area contributed by atoms with Crippen LogP contribution in [0.3, 0.4) is 0 Å². The maximum absolute atomic E-state index is 13.2. The van der Waals surface area contributed by atoms with Crippen molar-refractivity contribution in [3.05, 3.63) is 71.4 Å². The Balaban J connectivity index is 2.08. The van der Waals surface area contributed by atoms with Gasteiger partial charge in [-0.2, -0.15) is 0 Å². The normalized spacial score (nSPS) is 13.6. The van der Waals surface area contributed by atoms with E-state index < -0.39 is 0 Å². The van der Waals surface area contributed by atoms with Crippen LogP contribution in [0, 0.1) is 13.8 Å². The van der Waals surface area contributed by atoms with Gasteiger partial charge in [0.2, 0.25) is 0 Å². The lowest BCUT2D eigenvalue weighted by molar-refractivity contribution is -0.136. The Morgan fingerprint density at radius 1 is 0.968 bits per heavy atom. The van der Waals surface area contributed by atoms with Crippen molar-refractivity contribution in [1.29, 1.82) is 0 Å². The first-order valence-electron chi connectivity index (χ1n) is 10.4. The number of carbonyl (C=O) groups is 2. The van der Waals surface area contributed by atoms with Crippen molar-refractivity contribution >= 4 is 23.1 Å². The fourth-order valence-corrected chi connectivity index (χ4v) is 3.60. The Hall–Kier alpha value is -3.54. The van der Waals surface area contributed by atoms with E-state index >= 15 is 0 Å². The van der Waals surface area contributed by atoms with Crippen molar-refractivity contribution in [3.63, 3.8) is 0 Å².